The van der Waals surface area contributed by atoms with Gasteiger partial charge in [-0.1, -0.05) is 0 Å². The zero-order valence-corrected chi connectivity index (χ0v) is 8.04. The first-order valence-electron chi connectivity index (χ1n) is 4.59. The third kappa shape index (κ3) is 1.18. The van der Waals surface area contributed by atoms with E-state index in [1.807, 2.05) is 0 Å². The van der Waals surface area contributed by atoms with E-state index in [-0.39, 0.29) is 11.8 Å². The van der Waals surface area contributed by atoms with Gasteiger partial charge in [-0.25, -0.2) is 0 Å². The monoisotopic (exact) mass is 196 g/mol. The molecule has 4 heteroatoms. The van der Waals surface area contributed by atoms with Gasteiger partial charge in [0.25, 0.3) is 0 Å². The molecule has 1 aliphatic heterocycles. The summed E-state index contributed by atoms with van der Waals surface area (Å²) < 4.78 is 10.0. The number of carbonyl (C=O) groups excluding carboxylic acids is 2. The molecule has 0 bridgehead atoms. The van der Waals surface area contributed by atoms with Gasteiger partial charge in [-0.05, 0) is 18.1 Å². The maximum atomic E-state index is 11.6. The Labute approximate surface area is 81.9 Å². The minimum Gasteiger partial charge on any atom is -0.468 e. The number of allylic oxidation sites excluding steroid dienone is 1. The number of hydrogen-bond donors (Lipinski definition) is 0. The van der Waals surface area contributed by atoms with E-state index < -0.39 is 5.41 Å². The molecule has 1 heterocycles. The van der Waals surface area contributed by atoms with Crippen LogP contribution >= 0.6 is 0 Å². The fourth-order valence-electron chi connectivity index (χ4n) is 2.07. The molecule has 14 heavy (non-hydrogen) atoms. The number of ether oxygens (including phenoxy) is 2. The van der Waals surface area contributed by atoms with Gasteiger partial charge in [-0.3, -0.25) is 9.59 Å². The summed E-state index contributed by atoms with van der Waals surface area (Å²) in [4.78, 5) is 22.8. The van der Waals surface area contributed by atoms with Gasteiger partial charge < -0.3 is 9.47 Å². The molecule has 0 saturated carbocycles. The molecular weight excluding hydrogens is 184 g/mol. The molecule has 76 valence electrons. The number of carbonyl (C=O) groups is 2. The maximum absolute atomic E-state index is 11.6. The molecule has 0 aromatic heterocycles. The first-order valence-corrected chi connectivity index (χ1v) is 4.59. The Morgan fingerprint density at radius 1 is 1.64 bits per heavy atom. The van der Waals surface area contributed by atoms with Crippen LogP contribution in [-0.2, 0) is 19.1 Å². The molecule has 1 unspecified atom stereocenters. The Hall–Kier alpha value is -1.16. The van der Waals surface area contributed by atoms with E-state index in [2.05, 4.69) is 0 Å². The summed E-state index contributed by atoms with van der Waals surface area (Å²) in [6.45, 7) is 0.722. The molecule has 1 atom stereocenters. The second-order valence-electron chi connectivity index (χ2n) is 3.70. The lowest BCUT2D eigenvalue weighted by Gasteiger charge is -2.28. The van der Waals surface area contributed by atoms with Crippen molar-refractivity contribution in [2.24, 2.45) is 5.41 Å². The number of fused-ring (bicyclic) bond motifs is 1. The number of rotatable bonds is 1. The molecule has 1 fully saturated rings. The predicted octanol–water partition coefficient (Wildman–Crippen LogP) is 0.465. The van der Waals surface area contributed by atoms with Crippen molar-refractivity contribution in [1.29, 1.82) is 0 Å². The van der Waals surface area contributed by atoms with E-state index in [9.17, 15) is 9.59 Å². The van der Waals surface area contributed by atoms with Gasteiger partial charge >= 0.3 is 5.97 Å². The normalized spacial score (nSPS) is 30.9. The van der Waals surface area contributed by atoms with Crippen LogP contribution in [0.1, 0.15) is 12.8 Å². The van der Waals surface area contributed by atoms with Gasteiger partial charge in [0.15, 0.2) is 5.78 Å². The van der Waals surface area contributed by atoms with Gasteiger partial charge in [0.2, 0.25) is 0 Å². The van der Waals surface area contributed by atoms with E-state index in [4.69, 9.17) is 9.47 Å². The average molecular weight is 196 g/mol. The van der Waals surface area contributed by atoms with Crippen molar-refractivity contribution >= 4 is 11.8 Å². The van der Waals surface area contributed by atoms with Crippen LogP contribution in [0.3, 0.4) is 0 Å². The Bertz CT molecular complexity index is 318. The highest BCUT2D eigenvalue weighted by Gasteiger charge is 2.49. The van der Waals surface area contributed by atoms with E-state index >= 15 is 0 Å². The lowest BCUT2D eigenvalue weighted by Crippen LogP contribution is -2.37. The molecule has 0 aromatic carbocycles. The summed E-state index contributed by atoms with van der Waals surface area (Å²) in [7, 11) is 1.36. The molecule has 0 amide bonds. The van der Waals surface area contributed by atoms with Crippen LogP contribution in [0, 0.1) is 5.41 Å². The summed E-state index contributed by atoms with van der Waals surface area (Å²) >= 11 is 0. The van der Waals surface area contributed by atoms with Crippen molar-refractivity contribution in [3.63, 3.8) is 0 Å². The van der Waals surface area contributed by atoms with Gasteiger partial charge in [0.1, 0.15) is 5.41 Å². The quantitative estimate of drug-likeness (QED) is 0.572. The smallest absolute Gasteiger partial charge is 0.318 e. The molecule has 1 aliphatic carbocycles. The van der Waals surface area contributed by atoms with Crippen LogP contribution in [-0.4, -0.2) is 32.1 Å². The fraction of sp³-hybridized carbons (Fsp3) is 0.600. The van der Waals surface area contributed by atoms with Crippen molar-refractivity contribution < 1.29 is 19.1 Å². The third-order valence-corrected chi connectivity index (χ3v) is 2.93. The van der Waals surface area contributed by atoms with Crippen molar-refractivity contribution in [3.05, 3.63) is 11.6 Å². The zero-order valence-electron chi connectivity index (χ0n) is 8.04. The lowest BCUT2D eigenvalue weighted by molar-refractivity contribution is -0.151. The molecule has 2 rings (SSSR count). The van der Waals surface area contributed by atoms with E-state index in [1.54, 1.807) is 0 Å². The minimum atomic E-state index is -0.664. The fourth-order valence-corrected chi connectivity index (χ4v) is 2.07. The van der Waals surface area contributed by atoms with Gasteiger partial charge in [-0.15, -0.1) is 0 Å². The zero-order chi connectivity index (χ0) is 10.2. The van der Waals surface area contributed by atoms with Crippen molar-refractivity contribution in [1.82, 2.24) is 0 Å². The SMILES string of the molecule is COC(=O)C12CCC(=O)C=C1COC2. The molecule has 0 spiro atoms. The topological polar surface area (TPSA) is 52.6 Å². The summed E-state index contributed by atoms with van der Waals surface area (Å²) in [5.74, 6) is -0.209. The number of ketones is 1. The van der Waals surface area contributed by atoms with Crippen molar-refractivity contribution in [2.75, 3.05) is 20.3 Å². The second-order valence-corrected chi connectivity index (χ2v) is 3.70. The number of esters is 1. The van der Waals surface area contributed by atoms with Crippen LogP contribution in [0.25, 0.3) is 0 Å². The molecule has 2 aliphatic rings. The van der Waals surface area contributed by atoms with Crippen molar-refractivity contribution in [2.45, 2.75) is 12.8 Å². The Kier molecular flexibility index (Phi) is 2.15. The molecule has 0 N–H and O–H groups in total. The summed E-state index contributed by atoms with van der Waals surface area (Å²) in [6, 6.07) is 0. The largest absolute Gasteiger partial charge is 0.468 e. The van der Waals surface area contributed by atoms with Gasteiger partial charge in [0, 0.05) is 6.42 Å². The third-order valence-electron chi connectivity index (χ3n) is 2.93. The highest BCUT2D eigenvalue weighted by atomic mass is 16.5. The van der Waals surface area contributed by atoms with Gasteiger partial charge in [-0.2, -0.15) is 0 Å². The molecule has 0 aromatic rings. The molecule has 1 saturated heterocycles. The first-order chi connectivity index (χ1) is 6.69. The molecular formula is C10H12O4. The van der Waals surface area contributed by atoms with E-state index in [0.717, 1.165) is 5.57 Å². The highest BCUT2D eigenvalue weighted by Crippen LogP contribution is 2.42. The van der Waals surface area contributed by atoms with Crippen LogP contribution < -0.4 is 0 Å². The van der Waals surface area contributed by atoms with E-state index in [1.165, 1.54) is 13.2 Å². The number of hydrogen-bond acceptors (Lipinski definition) is 4. The van der Waals surface area contributed by atoms with Crippen LogP contribution in [0.15, 0.2) is 11.6 Å². The lowest BCUT2D eigenvalue weighted by atomic mass is 9.74. The second kappa shape index (κ2) is 3.20. The summed E-state index contributed by atoms with van der Waals surface area (Å²) in [6.07, 6.45) is 2.46. The number of methoxy groups -OCH3 is 1. The van der Waals surface area contributed by atoms with Crippen LogP contribution in [0.5, 0.6) is 0 Å². The first kappa shape index (κ1) is 9.40. The molecule has 0 radical (unpaired) electrons. The van der Waals surface area contributed by atoms with Gasteiger partial charge in [0.05, 0.1) is 20.3 Å². The Morgan fingerprint density at radius 2 is 2.43 bits per heavy atom. The predicted molar refractivity (Wildman–Crippen MR) is 47.6 cm³/mol. The van der Waals surface area contributed by atoms with Crippen LogP contribution in [0.2, 0.25) is 0 Å². The molecule has 4 nitrogen and oxygen atoms in total. The van der Waals surface area contributed by atoms with Crippen LogP contribution in [0.4, 0.5) is 0 Å². The summed E-state index contributed by atoms with van der Waals surface area (Å²) in [5, 5.41) is 0. The van der Waals surface area contributed by atoms with Crippen molar-refractivity contribution in [3.8, 4) is 0 Å². The highest BCUT2D eigenvalue weighted by molar-refractivity contribution is 5.95. The standard InChI is InChI=1S/C10H12O4/c1-13-9(12)10-3-2-8(11)4-7(10)5-14-6-10/h4H,2-3,5-6H2,1H3. The average Bonchev–Trinajstić information content (AvgIpc) is 2.60. The van der Waals surface area contributed by atoms with E-state index in [0.29, 0.717) is 26.1 Å². The Morgan fingerprint density at radius 3 is 3.14 bits per heavy atom. The minimum absolute atomic E-state index is 0.0741. The summed E-state index contributed by atoms with van der Waals surface area (Å²) in [5.41, 5.74) is 0.114. The Balaban J connectivity index is 2.37. The maximum Gasteiger partial charge on any atom is 0.318 e.